The molecule has 0 radical (unpaired) electrons. The smallest absolute Gasteiger partial charge is 0.317 e. The van der Waals surface area contributed by atoms with Gasteiger partial charge in [0, 0.05) is 39.3 Å². The summed E-state index contributed by atoms with van der Waals surface area (Å²) in [4.78, 5) is 16.3. The predicted octanol–water partition coefficient (Wildman–Crippen LogP) is -0.549. The summed E-state index contributed by atoms with van der Waals surface area (Å²) in [7, 11) is 0. The fraction of sp³-hybridized carbons (Fsp3) is 0.917. The van der Waals surface area contributed by atoms with Gasteiger partial charge in [-0.3, -0.25) is 0 Å². The minimum absolute atomic E-state index is 0.0556. The van der Waals surface area contributed by atoms with E-state index >= 15 is 0 Å². The van der Waals surface area contributed by atoms with Gasteiger partial charge in [0.1, 0.15) is 0 Å². The molecule has 0 aromatic rings. The number of hydrogen-bond donors (Lipinski definition) is 2. The highest BCUT2D eigenvalue weighted by Crippen LogP contribution is 2.06. The van der Waals surface area contributed by atoms with Crippen LogP contribution in [0.1, 0.15) is 12.8 Å². The summed E-state index contributed by atoms with van der Waals surface area (Å²) in [6.07, 6.45) is 1.95. The first-order valence-corrected chi connectivity index (χ1v) is 6.85. The van der Waals surface area contributed by atoms with Gasteiger partial charge in [-0.2, -0.15) is 0 Å². The molecule has 6 nitrogen and oxygen atoms in total. The van der Waals surface area contributed by atoms with Crippen LogP contribution < -0.4 is 11.1 Å². The molecule has 1 unspecified atom stereocenters. The standard InChI is InChI=1S/C12H24N4O2/c13-3-6-15-4-1-5-16(8-7-15)12(17)14-11-2-9-18-10-11/h11H,1-10,13H2,(H,14,17). The van der Waals surface area contributed by atoms with Crippen molar-refractivity contribution in [2.24, 2.45) is 5.73 Å². The Bertz CT molecular complexity index is 269. The zero-order valence-corrected chi connectivity index (χ0v) is 10.9. The summed E-state index contributed by atoms with van der Waals surface area (Å²) in [6, 6.07) is 0.251. The van der Waals surface area contributed by atoms with Gasteiger partial charge in [0.15, 0.2) is 0 Å². The Labute approximate surface area is 108 Å². The number of carbonyl (C=O) groups is 1. The van der Waals surface area contributed by atoms with E-state index in [0.29, 0.717) is 13.2 Å². The van der Waals surface area contributed by atoms with E-state index in [9.17, 15) is 4.79 Å². The first-order valence-electron chi connectivity index (χ1n) is 6.85. The molecule has 0 bridgehead atoms. The molecule has 2 saturated heterocycles. The molecule has 2 amide bonds. The van der Waals surface area contributed by atoms with Crippen molar-refractivity contribution < 1.29 is 9.53 Å². The van der Waals surface area contributed by atoms with E-state index in [1.165, 1.54) is 0 Å². The highest BCUT2D eigenvalue weighted by atomic mass is 16.5. The molecule has 3 N–H and O–H groups in total. The van der Waals surface area contributed by atoms with Gasteiger partial charge in [-0.15, -0.1) is 0 Å². The molecule has 104 valence electrons. The second-order valence-electron chi connectivity index (χ2n) is 4.98. The molecule has 0 aliphatic carbocycles. The maximum absolute atomic E-state index is 12.1. The molecular formula is C12H24N4O2. The minimum atomic E-state index is 0.0556. The third-order valence-corrected chi connectivity index (χ3v) is 3.58. The van der Waals surface area contributed by atoms with Gasteiger partial charge in [-0.25, -0.2) is 4.79 Å². The van der Waals surface area contributed by atoms with Crippen molar-refractivity contribution in [3.8, 4) is 0 Å². The number of urea groups is 1. The number of hydrogen-bond acceptors (Lipinski definition) is 4. The first-order chi connectivity index (χ1) is 8.79. The summed E-state index contributed by atoms with van der Waals surface area (Å²) < 4.78 is 5.26. The number of nitrogens with zero attached hydrogens (tertiary/aromatic N) is 2. The van der Waals surface area contributed by atoms with Crippen molar-refractivity contribution in [3.05, 3.63) is 0 Å². The monoisotopic (exact) mass is 256 g/mol. The highest BCUT2D eigenvalue weighted by Gasteiger charge is 2.23. The fourth-order valence-electron chi connectivity index (χ4n) is 2.49. The summed E-state index contributed by atoms with van der Waals surface area (Å²) in [6.45, 7) is 6.60. The second kappa shape index (κ2) is 6.92. The molecular weight excluding hydrogens is 232 g/mol. The lowest BCUT2D eigenvalue weighted by molar-refractivity contribution is 0.178. The average molecular weight is 256 g/mol. The molecule has 0 saturated carbocycles. The Morgan fingerprint density at radius 3 is 2.94 bits per heavy atom. The largest absolute Gasteiger partial charge is 0.379 e. The number of rotatable bonds is 3. The number of ether oxygens (including phenoxy) is 1. The van der Waals surface area contributed by atoms with Gasteiger partial charge >= 0.3 is 6.03 Å². The molecule has 2 heterocycles. The topological polar surface area (TPSA) is 70.8 Å². The fourth-order valence-corrected chi connectivity index (χ4v) is 2.49. The molecule has 0 aromatic heterocycles. The van der Waals surface area contributed by atoms with Gasteiger partial charge in [0.2, 0.25) is 0 Å². The van der Waals surface area contributed by atoms with Crippen LogP contribution in [-0.4, -0.2) is 74.4 Å². The van der Waals surface area contributed by atoms with Gasteiger partial charge in [0.05, 0.1) is 12.6 Å². The maximum Gasteiger partial charge on any atom is 0.317 e. The number of nitrogens with two attached hydrogens (primary N) is 1. The molecule has 0 spiro atoms. The molecule has 6 heteroatoms. The van der Waals surface area contributed by atoms with Crippen LogP contribution in [0.25, 0.3) is 0 Å². The second-order valence-corrected chi connectivity index (χ2v) is 4.98. The van der Waals surface area contributed by atoms with Crippen molar-refractivity contribution in [3.63, 3.8) is 0 Å². The van der Waals surface area contributed by atoms with Crippen molar-refractivity contribution in [2.45, 2.75) is 18.9 Å². The Hall–Kier alpha value is -0.850. The van der Waals surface area contributed by atoms with Crippen molar-refractivity contribution in [2.75, 3.05) is 52.5 Å². The van der Waals surface area contributed by atoms with E-state index in [2.05, 4.69) is 10.2 Å². The van der Waals surface area contributed by atoms with Crippen LogP contribution in [0.4, 0.5) is 4.79 Å². The predicted molar refractivity (Wildman–Crippen MR) is 69.4 cm³/mol. The highest BCUT2D eigenvalue weighted by molar-refractivity contribution is 5.74. The van der Waals surface area contributed by atoms with Crippen LogP contribution in [0.3, 0.4) is 0 Å². The van der Waals surface area contributed by atoms with Gasteiger partial charge < -0.3 is 25.6 Å². The molecule has 0 aromatic carbocycles. The Balaban J connectivity index is 1.76. The zero-order valence-electron chi connectivity index (χ0n) is 10.9. The third-order valence-electron chi connectivity index (χ3n) is 3.58. The maximum atomic E-state index is 12.1. The molecule has 2 fully saturated rings. The normalized spacial score (nSPS) is 26.1. The molecule has 2 rings (SSSR count). The summed E-state index contributed by atoms with van der Waals surface area (Å²) in [5.74, 6) is 0. The van der Waals surface area contributed by atoms with E-state index < -0.39 is 0 Å². The van der Waals surface area contributed by atoms with Crippen LogP contribution in [0.15, 0.2) is 0 Å². The zero-order chi connectivity index (χ0) is 12.8. The first kappa shape index (κ1) is 13.6. The SMILES string of the molecule is NCCN1CCCN(C(=O)NC2CCOC2)CC1. The Morgan fingerprint density at radius 2 is 2.22 bits per heavy atom. The van der Waals surface area contributed by atoms with Crippen LogP contribution in [0, 0.1) is 0 Å². The molecule has 2 aliphatic heterocycles. The number of carbonyl (C=O) groups excluding carboxylic acids is 1. The van der Waals surface area contributed by atoms with E-state index in [4.69, 9.17) is 10.5 Å². The van der Waals surface area contributed by atoms with Crippen LogP contribution in [-0.2, 0) is 4.74 Å². The lowest BCUT2D eigenvalue weighted by Crippen LogP contribution is -2.46. The van der Waals surface area contributed by atoms with E-state index in [-0.39, 0.29) is 12.1 Å². The molecule has 2 aliphatic rings. The van der Waals surface area contributed by atoms with Crippen LogP contribution in [0.5, 0.6) is 0 Å². The van der Waals surface area contributed by atoms with Crippen LogP contribution in [0.2, 0.25) is 0 Å². The summed E-state index contributed by atoms with van der Waals surface area (Å²) in [5, 5.41) is 3.04. The van der Waals surface area contributed by atoms with Crippen LogP contribution >= 0.6 is 0 Å². The average Bonchev–Trinajstić information content (AvgIpc) is 2.74. The molecule has 1 atom stereocenters. The van der Waals surface area contributed by atoms with Crippen molar-refractivity contribution >= 4 is 6.03 Å². The Morgan fingerprint density at radius 1 is 1.33 bits per heavy atom. The third kappa shape index (κ3) is 3.83. The van der Waals surface area contributed by atoms with E-state index in [1.54, 1.807) is 0 Å². The van der Waals surface area contributed by atoms with Gasteiger partial charge in [-0.05, 0) is 19.4 Å². The van der Waals surface area contributed by atoms with Crippen molar-refractivity contribution in [1.29, 1.82) is 0 Å². The van der Waals surface area contributed by atoms with Gasteiger partial charge in [0.25, 0.3) is 0 Å². The van der Waals surface area contributed by atoms with E-state index in [1.807, 2.05) is 4.90 Å². The lowest BCUT2D eigenvalue weighted by Gasteiger charge is -2.23. The van der Waals surface area contributed by atoms with E-state index in [0.717, 1.165) is 52.2 Å². The number of amides is 2. The Kier molecular flexibility index (Phi) is 5.22. The quantitative estimate of drug-likeness (QED) is 0.711. The minimum Gasteiger partial charge on any atom is -0.379 e. The van der Waals surface area contributed by atoms with Gasteiger partial charge in [-0.1, -0.05) is 0 Å². The summed E-state index contributed by atoms with van der Waals surface area (Å²) >= 11 is 0. The van der Waals surface area contributed by atoms with Crippen molar-refractivity contribution in [1.82, 2.24) is 15.1 Å². The summed E-state index contributed by atoms with van der Waals surface area (Å²) in [5.41, 5.74) is 5.57. The lowest BCUT2D eigenvalue weighted by atomic mass is 10.3. The molecule has 18 heavy (non-hydrogen) atoms. The number of nitrogens with one attached hydrogen (secondary N) is 1.